The summed E-state index contributed by atoms with van der Waals surface area (Å²) >= 11 is 1.46. The van der Waals surface area contributed by atoms with Crippen molar-refractivity contribution in [1.82, 2.24) is 25.1 Å². The van der Waals surface area contributed by atoms with Crippen molar-refractivity contribution in [3.05, 3.63) is 40.7 Å². The molecule has 0 spiro atoms. The van der Waals surface area contributed by atoms with Crippen LogP contribution in [0.3, 0.4) is 0 Å². The second-order valence-electron chi connectivity index (χ2n) is 5.20. The maximum atomic E-state index is 12.1. The van der Waals surface area contributed by atoms with Crippen molar-refractivity contribution in [3.63, 3.8) is 0 Å². The van der Waals surface area contributed by atoms with Gasteiger partial charge in [-0.25, -0.2) is 0 Å². The van der Waals surface area contributed by atoms with Crippen molar-refractivity contribution in [3.8, 4) is 0 Å². The predicted octanol–water partition coefficient (Wildman–Crippen LogP) is 1.43. The molecule has 2 amide bonds. The second kappa shape index (κ2) is 6.75. The number of fused-ring (bicyclic) bond motifs is 1. The average molecular weight is 344 g/mol. The van der Waals surface area contributed by atoms with E-state index >= 15 is 0 Å². The molecule has 1 aromatic carbocycles. The van der Waals surface area contributed by atoms with Gasteiger partial charge in [-0.15, -0.1) is 10.2 Å². The van der Waals surface area contributed by atoms with Crippen LogP contribution in [0.2, 0.25) is 0 Å². The summed E-state index contributed by atoms with van der Waals surface area (Å²) in [7, 11) is 0. The molecule has 0 aliphatic heterocycles. The number of carbonyl (C=O) groups excluding carboxylic acids is 2. The van der Waals surface area contributed by atoms with Crippen molar-refractivity contribution in [2.45, 2.75) is 20.3 Å². The van der Waals surface area contributed by atoms with Gasteiger partial charge >= 0.3 is 0 Å². The lowest BCUT2D eigenvalue weighted by atomic mass is 10.2. The molecule has 0 fully saturated rings. The van der Waals surface area contributed by atoms with Crippen molar-refractivity contribution in [2.75, 3.05) is 11.9 Å². The number of hydrogen-bond donors (Lipinski definition) is 2. The summed E-state index contributed by atoms with van der Waals surface area (Å²) in [5.41, 5.74) is 1.20. The van der Waals surface area contributed by atoms with Crippen molar-refractivity contribution in [2.24, 2.45) is 0 Å². The maximum absolute atomic E-state index is 12.1. The number of hydrogen-bond acceptors (Lipinski definition) is 6. The van der Waals surface area contributed by atoms with Gasteiger partial charge in [0.1, 0.15) is 5.01 Å². The Morgan fingerprint density at radius 2 is 1.96 bits per heavy atom. The van der Waals surface area contributed by atoms with E-state index in [0.29, 0.717) is 24.2 Å². The van der Waals surface area contributed by atoms with Crippen molar-refractivity contribution < 1.29 is 9.59 Å². The Hall–Kier alpha value is -2.81. The fraction of sp³-hybridized carbons (Fsp3) is 0.267. The van der Waals surface area contributed by atoms with Crippen LogP contribution >= 0.6 is 11.3 Å². The molecule has 0 saturated heterocycles. The first-order valence-electron chi connectivity index (χ1n) is 7.36. The molecular weight excluding hydrogens is 328 g/mol. The lowest BCUT2D eigenvalue weighted by molar-refractivity contribution is -0.114. The minimum absolute atomic E-state index is 0.146. The molecule has 0 unspecified atom stereocenters. The highest BCUT2D eigenvalue weighted by Gasteiger charge is 2.10. The Balaban J connectivity index is 1.54. The zero-order valence-electron chi connectivity index (χ0n) is 13.2. The van der Waals surface area contributed by atoms with Gasteiger partial charge in [0.15, 0.2) is 5.82 Å². The molecule has 0 aliphatic rings. The lowest BCUT2D eigenvalue weighted by Gasteiger charge is -2.05. The van der Waals surface area contributed by atoms with Gasteiger partial charge in [-0.3, -0.25) is 9.59 Å². The standard InChI is InChI=1S/C15H16N6O2S/c1-9-18-19-15-21(9)20-13(24-15)7-8-16-14(23)11-3-5-12(6-4-11)17-10(2)22/h3-6H,7-8H2,1-2H3,(H,16,23)(H,17,22). The molecule has 2 heterocycles. The first kappa shape index (κ1) is 16.1. The van der Waals surface area contributed by atoms with Crippen LogP contribution in [0, 0.1) is 6.92 Å². The average Bonchev–Trinajstić information content (AvgIpc) is 3.09. The first-order valence-corrected chi connectivity index (χ1v) is 8.18. The van der Waals surface area contributed by atoms with Gasteiger partial charge in [0.2, 0.25) is 10.9 Å². The Bertz CT molecular complexity index is 883. The molecule has 24 heavy (non-hydrogen) atoms. The largest absolute Gasteiger partial charge is 0.352 e. The summed E-state index contributed by atoms with van der Waals surface area (Å²) in [6.07, 6.45) is 0.628. The molecular formula is C15H16N6O2S. The van der Waals surface area contributed by atoms with E-state index in [1.807, 2.05) is 6.92 Å². The van der Waals surface area contributed by atoms with Crippen LogP contribution in [-0.4, -0.2) is 38.2 Å². The topological polar surface area (TPSA) is 101 Å². The Labute approximate surface area is 141 Å². The maximum Gasteiger partial charge on any atom is 0.251 e. The molecule has 8 nitrogen and oxygen atoms in total. The molecule has 2 aromatic heterocycles. The van der Waals surface area contributed by atoms with Gasteiger partial charge in [0.25, 0.3) is 5.91 Å². The number of anilines is 1. The van der Waals surface area contributed by atoms with E-state index in [1.54, 1.807) is 28.8 Å². The number of carbonyl (C=O) groups is 2. The summed E-state index contributed by atoms with van der Waals surface area (Å²) in [4.78, 5) is 23.8. The zero-order chi connectivity index (χ0) is 17.1. The minimum Gasteiger partial charge on any atom is -0.352 e. The molecule has 0 saturated carbocycles. The number of nitrogens with zero attached hydrogens (tertiary/aromatic N) is 4. The predicted molar refractivity (Wildman–Crippen MR) is 90.2 cm³/mol. The first-order chi connectivity index (χ1) is 11.5. The van der Waals surface area contributed by atoms with E-state index in [-0.39, 0.29) is 11.8 Å². The summed E-state index contributed by atoms with van der Waals surface area (Å²) in [6.45, 7) is 3.76. The van der Waals surface area contributed by atoms with Crippen LogP contribution in [0.25, 0.3) is 4.96 Å². The SMILES string of the molecule is CC(=O)Nc1ccc(C(=O)NCCc2nn3c(C)nnc3s2)cc1. The van der Waals surface area contributed by atoms with E-state index < -0.39 is 0 Å². The molecule has 124 valence electrons. The van der Waals surface area contributed by atoms with Gasteiger partial charge in [0, 0.05) is 31.1 Å². The number of nitrogens with one attached hydrogen (secondary N) is 2. The van der Waals surface area contributed by atoms with E-state index in [9.17, 15) is 9.59 Å². The summed E-state index contributed by atoms with van der Waals surface area (Å²) < 4.78 is 1.70. The fourth-order valence-corrected chi connectivity index (χ4v) is 3.03. The van der Waals surface area contributed by atoms with Gasteiger partial charge in [-0.05, 0) is 31.2 Å². The van der Waals surface area contributed by atoms with Gasteiger partial charge in [-0.2, -0.15) is 9.61 Å². The minimum atomic E-state index is -0.163. The van der Waals surface area contributed by atoms with Crippen molar-refractivity contribution in [1.29, 1.82) is 0 Å². The van der Waals surface area contributed by atoms with E-state index in [4.69, 9.17) is 0 Å². The van der Waals surface area contributed by atoms with Crippen LogP contribution in [0.5, 0.6) is 0 Å². The summed E-state index contributed by atoms with van der Waals surface area (Å²) in [5, 5.41) is 18.8. The van der Waals surface area contributed by atoms with E-state index in [2.05, 4.69) is 25.9 Å². The molecule has 3 aromatic rings. The molecule has 0 atom stereocenters. The Kier molecular flexibility index (Phi) is 4.52. The molecule has 0 bridgehead atoms. The number of benzene rings is 1. The number of amides is 2. The monoisotopic (exact) mass is 344 g/mol. The van der Waals surface area contributed by atoms with Gasteiger partial charge in [0.05, 0.1) is 0 Å². The van der Waals surface area contributed by atoms with Crippen LogP contribution < -0.4 is 10.6 Å². The van der Waals surface area contributed by atoms with Gasteiger partial charge in [-0.1, -0.05) is 11.3 Å². The highest BCUT2D eigenvalue weighted by atomic mass is 32.1. The summed E-state index contributed by atoms with van der Waals surface area (Å²) in [5.74, 6) is 0.437. The molecule has 9 heteroatoms. The Morgan fingerprint density at radius 3 is 2.62 bits per heavy atom. The summed E-state index contributed by atoms with van der Waals surface area (Å²) in [6, 6.07) is 6.74. The molecule has 3 rings (SSSR count). The van der Waals surface area contributed by atoms with Crippen molar-refractivity contribution >= 4 is 33.8 Å². The lowest BCUT2D eigenvalue weighted by Crippen LogP contribution is -2.25. The highest BCUT2D eigenvalue weighted by molar-refractivity contribution is 7.16. The normalized spacial score (nSPS) is 10.8. The van der Waals surface area contributed by atoms with E-state index in [0.717, 1.165) is 15.8 Å². The zero-order valence-corrected chi connectivity index (χ0v) is 14.1. The molecule has 2 N–H and O–H groups in total. The van der Waals surface area contributed by atoms with Gasteiger partial charge < -0.3 is 10.6 Å². The number of rotatable bonds is 5. The third kappa shape index (κ3) is 3.57. The number of aromatic nitrogens is 4. The van der Waals surface area contributed by atoms with E-state index in [1.165, 1.54) is 18.3 Å². The van der Waals surface area contributed by atoms with Crippen LogP contribution in [0.1, 0.15) is 28.1 Å². The third-order valence-corrected chi connectivity index (χ3v) is 4.24. The van der Waals surface area contributed by atoms with Crippen LogP contribution in [-0.2, 0) is 11.2 Å². The fourth-order valence-electron chi connectivity index (χ4n) is 2.15. The van der Waals surface area contributed by atoms with Crippen LogP contribution in [0.4, 0.5) is 5.69 Å². The Morgan fingerprint density at radius 1 is 1.21 bits per heavy atom. The smallest absolute Gasteiger partial charge is 0.251 e. The molecule has 0 radical (unpaired) electrons. The van der Waals surface area contributed by atoms with Crippen LogP contribution in [0.15, 0.2) is 24.3 Å². The highest BCUT2D eigenvalue weighted by Crippen LogP contribution is 2.14. The quantitative estimate of drug-likeness (QED) is 0.729. The third-order valence-electron chi connectivity index (χ3n) is 3.28. The second-order valence-corrected chi connectivity index (χ2v) is 6.24. The molecule has 0 aliphatic carbocycles. The number of aryl methyl sites for hydroxylation is 1.